The number of rotatable bonds is 4. The van der Waals surface area contributed by atoms with Crippen LogP contribution in [0.2, 0.25) is 0 Å². The van der Waals surface area contributed by atoms with Crippen molar-refractivity contribution >= 4 is 6.03 Å². The molecule has 1 aliphatic rings. The predicted octanol–water partition coefficient (Wildman–Crippen LogP) is 2.80. The van der Waals surface area contributed by atoms with E-state index in [4.69, 9.17) is 0 Å². The van der Waals surface area contributed by atoms with Crippen LogP contribution in [0.15, 0.2) is 24.3 Å². The van der Waals surface area contributed by atoms with Crippen molar-refractivity contribution in [1.82, 2.24) is 10.6 Å². The maximum absolute atomic E-state index is 12.1. The lowest BCUT2D eigenvalue weighted by Crippen LogP contribution is -2.47. The van der Waals surface area contributed by atoms with Crippen molar-refractivity contribution in [2.45, 2.75) is 52.3 Å². The predicted molar refractivity (Wildman–Crippen MR) is 83.7 cm³/mol. The summed E-state index contributed by atoms with van der Waals surface area (Å²) in [5.41, 5.74) is 1.82. The van der Waals surface area contributed by atoms with Crippen LogP contribution in [0.5, 0.6) is 0 Å². The van der Waals surface area contributed by atoms with E-state index in [1.54, 1.807) is 0 Å². The zero-order valence-corrected chi connectivity index (χ0v) is 12.9. The summed E-state index contributed by atoms with van der Waals surface area (Å²) in [6.45, 7) is 4.92. The number of nitrogens with one attached hydrogen (secondary N) is 2. The number of carbonyl (C=O) groups excluding carboxylic acids is 1. The number of carbonyl (C=O) groups is 1. The van der Waals surface area contributed by atoms with Gasteiger partial charge in [-0.1, -0.05) is 51.0 Å². The summed E-state index contributed by atoms with van der Waals surface area (Å²) in [5, 5.41) is 15.3. The van der Waals surface area contributed by atoms with Gasteiger partial charge in [0, 0.05) is 12.6 Å². The fourth-order valence-electron chi connectivity index (χ4n) is 3.06. The van der Waals surface area contributed by atoms with Crippen molar-refractivity contribution in [1.29, 1.82) is 0 Å². The second-order valence-corrected chi connectivity index (χ2v) is 6.13. The average Bonchev–Trinajstić information content (AvgIpc) is 2.50. The summed E-state index contributed by atoms with van der Waals surface area (Å²) in [4.78, 5) is 12.1. The van der Waals surface area contributed by atoms with Gasteiger partial charge in [-0.3, -0.25) is 0 Å². The highest BCUT2D eigenvalue weighted by molar-refractivity contribution is 5.74. The quantitative estimate of drug-likeness (QED) is 0.798. The molecule has 1 fully saturated rings. The van der Waals surface area contributed by atoms with Crippen LogP contribution in [0, 0.1) is 11.8 Å². The third-order valence-electron chi connectivity index (χ3n) is 4.75. The standard InChI is InChI=1S/C17H26N2O2/c1-12-6-5-9-16(13(12)2)19-17(21)18-10-14-7-3-4-8-15(14)11-20/h3-4,7-8,12-13,16,20H,5-6,9-11H2,1-2H3,(H2,18,19,21). The highest BCUT2D eigenvalue weighted by Gasteiger charge is 2.27. The van der Waals surface area contributed by atoms with E-state index in [2.05, 4.69) is 24.5 Å². The zero-order chi connectivity index (χ0) is 15.2. The van der Waals surface area contributed by atoms with Crippen LogP contribution < -0.4 is 10.6 Å². The molecule has 0 bridgehead atoms. The fraction of sp³-hybridized carbons (Fsp3) is 0.588. The number of amides is 2. The Morgan fingerprint density at radius 3 is 2.67 bits per heavy atom. The first-order valence-corrected chi connectivity index (χ1v) is 7.83. The van der Waals surface area contributed by atoms with Gasteiger partial charge in [-0.2, -0.15) is 0 Å². The van der Waals surface area contributed by atoms with Crippen molar-refractivity contribution in [3.63, 3.8) is 0 Å². The molecule has 116 valence electrons. The maximum Gasteiger partial charge on any atom is 0.315 e. The largest absolute Gasteiger partial charge is 0.392 e. The molecule has 3 N–H and O–H groups in total. The smallest absolute Gasteiger partial charge is 0.315 e. The van der Waals surface area contributed by atoms with E-state index in [1.165, 1.54) is 12.8 Å². The van der Waals surface area contributed by atoms with Crippen LogP contribution in [-0.2, 0) is 13.2 Å². The molecule has 0 radical (unpaired) electrons. The lowest BCUT2D eigenvalue weighted by Gasteiger charge is -2.34. The Labute approximate surface area is 126 Å². The summed E-state index contributed by atoms with van der Waals surface area (Å²) < 4.78 is 0. The first-order valence-electron chi connectivity index (χ1n) is 7.83. The molecular formula is C17H26N2O2. The third kappa shape index (κ3) is 4.21. The van der Waals surface area contributed by atoms with Gasteiger partial charge >= 0.3 is 6.03 Å². The SMILES string of the molecule is CC1CCCC(NC(=O)NCc2ccccc2CO)C1C. The fourth-order valence-corrected chi connectivity index (χ4v) is 3.06. The molecule has 4 heteroatoms. The molecule has 1 aromatic carbocycles. The minimum atomic E-state index is -0.117. The molecule has 0 aliphatic heterocycles. The van der Waals surface area contributed by atoms with Gasteiger partial charge < -0.3 is 15.7 Å². The highest BCUT2D eigenvalue weighted by atomic mass is 16.3. The minimum absolute atomic E-state index is 0.00333. The molecule has 2 rings (SSSR count). The van der Waals surface area contributed by atoms with Crippen LogP contribution in [0.3, 0.4) is 0 Å². The Hall–Kier alpha value is -1.55. The van der Waals surface area contributed by atoms with E-state index in [1.807, 2.05) is 24.3 Å². The molecule has 0 aromatic heterocycles. The average molecular weight is 290 g/mol. The van der Waals surface area contributed by atoms with E-state index >= 15 is 0 Å². The second-order valence-electron chi connectivity index (χ2n) is 6.13. The number of aliphatic hydroxyl groups excluding tert-OH is 1. The number of hydrogen-bond donors (Lipinski definition) is 3. The van der Waals surface area contributed by atoms with E-state index in [0.29, 0.717) is 18.4 Å². The Morgan fingerprint density at radius 1 is 1.24 bits per heavy atom. The lowest BCUT2D eigenvalue weighted by atomic mass is 9.78. The van der Waals surface area contributed by atoms with Gasteiger partial charge in [0.1, 0.15) is 0 Å². The Morgan fingerprint density at radius 2 is 1.95 bits per heavy atom. The van der Waals surface area contributed by atoms with Crippen LogP contribution in [-0.4, -0.2) is 17.2 Å². The normalized spacial score (nSPS) is 25.4. The number of urea groups is 1. The summed E-state index contributed by atoms with van der Waals surface area (Å²) in [7, 11) is 0. The molecule has 1 aliphatic carbocycles. The first kappa shape index (κ1) is 15.8. The molecule has 0 heterocycles. The molecule has 3 atom stereocenters. The molecule has 1 saturated carbocycles. The van der Waals surface area contributed by atoms with E-state index < -0.39 is 0 Å². The van der Waals surface area contributed by atoms with Crippen molar-refractivity contribution in [3.8, 4) is 0 Å². The van der Waals surface area contributed by atoms with E-state index in [-0.39, 0.29) is 18.7 Å². The summed E-state index contributed by atoms with van der Waals surface area (Å²) in [6.07, 6.45) is 3.50. The van der Waals surface area contributed by atoms with Crippen molar-refractivity contribution in [3.05, 3.63) is 35.4 Å². The minimum Gasteiger partial charge on any atom is -0.392 e. The van der Waals surface area contributed by atoms with Gasteiger partial charge in [0.25, 0.3) is 0 Å². The number of hydrogen-bond acceptors (Lipinski definition) is 2. The van der Waals surface area contributed by atoms with Gasteiger partial charge in [-0.05, 0) is 29.4 Å². The summed E-state index contributed by atoms with van der Waals surface area (Å²) in [5.74, 6) is 1.19. The Kier molecular flexibility index (Phi) is 5.62. The zero-order valence-electron chi connectivity index (χ0n) is 12.9. The van der Waals surface area contributed by atoms with Crippen molar-refractivity contribution in [2.75, 3.05) is 0 Å². The molecule has 0 spiro atoms. The second kappa shape index (κ2) is 7.46. The van der Waals surface area contributed by atoms with Crippen LogP contribution in [0.1, 0.15) is 44.2 Å². The summed E-state index contributed by atoms with van der Waals surface area (Å²) >= 11 is 0. The molecule has 2 amide bonds. The van der Waals surface area contributed by atoms with E-state index in [0.717, 1.165) is 17.5 Å². The lowest BCUT2D eigenvalue weighted by molar-refractivity contribution is 0.195. The molecule has 1 aromatic rings. The van der Waals surface area contributed by atoms with Crippen LogP contribution in [0.25, 0.3) is 0 Å². The molecule has 0 saturated heterocycles. The van der Waals surface area contributed by atoms with E-state index in [9.17, 15) is 9.90 Å². The number of aliphatic hydroxyl groups is 1. The highest BCUT2D eigenvalue weighted by Crippen LogP contribution is 2.29. The van der Waals surface area contributed by atoms with Gasteiger partial charge in [0.2, 0.25) is 0 Å². The Balaban J connectivity index is 1.84. The van der Waals surface area contributed by atoms with Gasteiger partial charge in [0.05, 0.1) is 6.61 Å². The summed E-state index contributed by atoms with van der Waals surface area (Å²) in [6, 6.07) is 7.76. The third-order valence-corrected chi connectivity index (χ3v) is 4.75. The van der Waals surface area contributed by atoms with Gasteiger partial charge in [0.15, 0.2) is 0 Å². The van der Waals surface area contributed by atoms with Crippen LogP contribution >= 0.6 is 0 Å². The van der Waals surface area contributed by atoms with Crippen molar-refractivity contribution in [2.24, 2.45) is 11.8 Å². The molecule has 4 nitrogen and oxygen atoms in total. The van der Waals surface area contributed by atoms with Gasteiger partial charge in [-0.25, -0.2) is 4.79 Å². The molecule has 21 heavy (non-hydrogen) atoms. The molecular weight excluding hydrogens is 264 g/mol. The Bertz CT molecular complexity index is 476. The maximum atomic E-state index is 12.1. The monoisotopic (exact) mass is 290 g/mol. The van der Waals surface area contributed by atoms with Crippen molar-refractivity contribution < 1.29 is 9.90 Å². The van der Waals surface area contributed by atoms with Crippen LogP contribution in [0.4, 0.5) is 4.79 Å². The number of benzene rings is 1. The first-order chi connectivity index (χ1) is 10.1. The molecule has 3 unspecified atom stereocenters. The topological polar surface area (TPSA) is 61.4 Å². The van der Waals surface area contributed by atoms with Gasteiger partial charge in [-0.15, -0.1) is 0 Å².